The lowest BCUT2D eigenvalue weighted by molar-refractivity contribution is 0.134. The van der Waals surface area contributed by atoms with Crippen molar-refractivity contribution >= 4 is 5.82 Å². The van der Waals surface area contributed by atoms with E-state index in [0.29, 0.717) is 19.0 Å². The summed E-state index contributed by atoms with van der Waals surface area (Å²) in [6.07, 6.45) is 5.66. The Kier molecular flexibility index (Phi) is 3.34. The van der Waals surface area contributed by atoms with Gasteiger partial charge in [-0.3, -0.25) is 4.79 Å². The van der Waals surface area contributed by atoms with Gasteiger partial charge in [0, 0.05) is 25.5 Å². The van der Waals surface area contributed by atoms with Gasteiger partial charge in [0.05, 0.1) is 6.61 Å². The van der Waals surface area contributed by atoms with E-state index in [1.807, 2.05) is 0 Å². The molecular formula is C10H15N3O2. The molecule has 1 saturated carbocycles. The molecule has 2 rings (SSSR count). The topological polar surface area (TPSA) is 67.0 Å². The summed E-state index contributed by atoms with van der Waals surface area (Å²) in [6.45, 7) is 2.08. The minimum Gasteiger partial charge on any atom is -0.379 e. The Balaban J connectivity index is 1.64. The van der Waals surface area contributed by atoms with Crippen LogP contribution in [-0.4, -0.2) is 29.7 Å². The average molecular weight is 209 g/mol. The van der Waals surface area contributed by atoms with Crippen LogP contribution in [0.25, 0.3) is 0 Å². The van der Waals surface area contributed by atoms with Gasteiger partial charge in [0.15, 0.2) is 5.82 Å². The van der Waals surface area contributed by atoms with Crippen molar-refractivity contribution in [3.05, 3.63) is 22.7 Å². The summed E-state index contributed by atoms with van der Waals surface area (Å²) < 4.78 is 5.42. The van der Waals surface area contributed by atoms with E-state index in [0.717, 1.165) is 12.5 Å². The monoisotopic (exact) mass is 209 g/mol. The first-order valence-corrected chi connectivity index (χ1v) is 5.21. The second-order valence-corrected chi connectivity index (χ2v) is 3.71. The molecule has 1 aliphatic carbocycles. The van der Waals surface area contributed by atoms with Crippen molar-refractivity contribution in [3.8, 4) is 0 Å². The number of nitrogens with zero attached hydrogens (tertiary/aromatic N) is 1. The first-order chi connectivity index (χ1) is 7.36. The molecule has 1 aromatic rings. The van der Waals surface area contributed by atoms with E-state index in [1.165, 1.54) is 19.0 Å². The largest absolute Gasteiger partial charge is 0.379 e. The molecule has 0 unspecified atom stereocenters. The average Bonchev–Trinajstić information content (AvgIpc) is 3.04. The quantitative estimate of drug-likeness (QED) is 0.673. The Morgan fingerprint density at radius 3 is 3.20 bits per heavy atom. The maximum atomic E-state index is 11.2. The highest BCUT2D eigenvalue weighted by atomic mass is 16.5. The van der Waals surface area contributed by atoms with Crippen molar-refractivity contribution in [1.82, 2.24) is 9.97 Å². The van der Waals surface area contributed by atoms with Crippen LogP contribution in [0.4, 0.5) is 5.82 Å². The van der Waals surface area contributed by atoms with Crippen LogP contribution < -0.4 is 10.9 Å². The molecule has 0 aliphatic heterocycles. The van der Waals surface area contributed by atoms with Gasteiger partial charge in [-0.2, -0.15) is 0 Å². The van der Waals surface area contributed by atoms with Gasteiger partial charge < -0.3 is 15.0 Å². The van der Waals surface area contributed by atoms with Crippen molar-refractivity contribution in [1.29, 1.82) is 0 Å². The number of H-pyrrole nitrogens is 1. The van der Waals surface area contributed by atoms with Crippen molar-refractivity contribution in [2.75, 3.05) is 25.1 Å². The van der Waals surface area contributed by atoms with Crippen LogP contribution in [0.1, 0.15) is 12.8 Å². The summed E-state index contributed by atoms with van der Waals surface area (Å²) in [4.78, 5) is 17.6. The Labute approximate surface area is 87.9 Å². The molecule has 15 heavy (non-hydrogen) atoms. The van der Waals surface area contributed by atoms with Crippen molar-refractivity contribution in [2.24, 2.45) is 5.92 Å². The lowest BCUT2D eigenvalue weighted by Crippen LogP contribution is -2.18. The predicted molar refractivity (Wildman–Crippen MR) is 56.9 cm³/mol. The number of aromatic amines is 1. The van der Waals surface area contributed by atoms with E-state index in [9.17, 15) is 4.79 Å². The maximum absolute atomic E-state index is 11.2. The van der Waals surface area contributed by atoms with E-state index in [2.05, 4.69) is 15.3 Å². The fourth-order valence-electron chi connectivity index (χ4n) is 1.25. The van der Waals surface area contributed by atoms with Crippen LogP contribution >= 0.6 is 0 Å². The van der Waals surface area contributed by atoms with Gasteiger partial charge in [0.25, 0.3) is 5.56 Å². The van der Waals surface area contributed by atoms with Crippen molar-refractivity contribution < 1.29 is 4.74 Å². The molecule has 1 fully saturated rings. The summed E-state index contributed by atoms with van der Waals surface area (Å²) in [5, 5.41) is 2.93. The third-order valence-corrected chi connectivity index (χ3v) is 2.30. The van der Waals surface area contributed by atoms with Crippen LogP contribution in [0.3, 0.4) is 0 Å². The second kappa shape index (κ2) is 4.93. The molecule has 0 aromatic carbocycles. The third-order valence-electron chi connectivity index (χ3n) is 2.30. The van der Waals surface area contributed by atoms with E-state index in [4.69, 9.17) is 4.74 Å². The highest BCUT2D eigenvalue weighted by molar-refractivity contribution is 5.29. The molecule has 0 atom stereocenters. The molecule has 0 bridgehead atoms. The number of anilines is 1. The van der Waals surface area contributed by atoms with E-state index >= 15 is 0 Å². The number of nitrogens with one attached hydrogen (secondary N) is 2. The number of aromatic nitrogens is 2. The predicted octanol–water partition coefficient (Wildman–Crippen LogP) is 0.608. The molecule has 0 amide bonds. The molecule has 82 valence electrons. The summed E-state index contributed by atoms with van der Waals surface area (Å²) in [7, 11) is 0. The lowest BCUT2D eigenvalue weighted by Gasteiger charge is -2.04. The van der Waals surface area contributed by atoms with Crippen LogP contribution in [0.5, 0.6) is 0 Å². The first-order valence-electron chi connectivity index (χ1n) is 5.21. The van der Waals surface area contributed by atoms with Gasteiger partial charge in [-0.1, -0.05) is 0 Å². The molecule has 5 heteroatoms. The van der Waals surface area contributed by atoms with Gasteiger partial charge in [0.1, 0.15) is 0 Å². The smallest absolute Gasteiger partial charge is 0.290 e. The molecule has 0 saturated heterocycles. The SMILES string of the molecule is O=c1[nH]ccnc1NCCOCC1CC1. The van der Waals surface area contributed by atoms with Gasteiger partial charge in [-0.05, 0) is 18.8 Å². The fourth-order valence-corrected chi connectivity index (χ4v) is 1.25. The highest BCUT2D eigenvalue weighted by Crippen LogP contribution is 2.28. The molecule has 5 nitrogen and oxygen atoms in total. The minimum absolute atomic E-state index is 0.195. The van der Waals surface area contributed by atoms with Gasteiger partial charge in [-0.25, -0.2) is 4.98 Å². The first kappa shape index (κ1) is 10.2. The van der Waals surface area contributed by atoms with Gasteiger partial charge in [0.2, 0.25) is 0 Å². The Morgan fingerprint density at radius 2 is 2.47 bits per heavy atom. The standard InChI is InChI=1S/C10H15N3O2/c14-10-9(11-3-4-13-10)12-5-6-15-7-8-1-2-8/h3-4,8H,1-2,5-7H2,(H,11,12)(H,13,14). The number of rotatable bonds is 6. The molecule has 1 aromatic heterocycles. The lowest BCUT2D eigenvalue weighted by atomic mass is 10.5. The maximum Gasteiger partial charge on any atom is 0.290 e. The summed E-state index contributed by atoms with van der Waals surface area (Å²) >= 11 is 0. The molecule has 2 N–H and O–H groups in total. The number of hydrogen-bond acceptors (Lipinski definition) is 4. The van der Waals surface area contributed by atoms with Crippen LogP contribution in [0, 0.1) is 5.92 Å². The molecule has 1 heterocycles. The molecule has 0 radical (unpaired) electrons. The molecule has 0 spiro atoms. The van der Waals surface area contributed by atoms with Crippen molar-refractivity contribution in [2.45, 2.75) is 12.8 Å². The normalized spacial score (nSPS) is 15.2. The Morgan fingerprint density at radius 1 is 1.60 bits per heavy atom. The molecule has 1 aliphatic rings. The third kappa shape index (κ3) is 3.36. The zero-order chi connectivity index (χ0) is 10.5. The summed E-state index contributed by atoms with van der Waals surface area (Å²) in [5.41, 5.74) is -0.195. The van der Waals surface area contributed by atoms with E-state index < -0.39 is 0 Å². The zero-order valence-electron chi connectivity index (χ0n) is 8.53. The van der Waals surface area contributed by atoms with Crippen LogP contribution in [0.15, 0.2) is 17.2 Å². The van der Waals surface area contributed by atoms with Gasteiger partial charge >= 0.3 is 0 Å². The van der Waals surface area contributed by atoms with Crippen LogP contribution in [0.2, 0.25) is 0 Å². The second-order valence-electron chi connectivity index (χ2n) is 3.71. The minimum atomic E-state index is -0.195. The molecular weight excluding hydrogens is 194 g/mol. The number of hydrogen-bond donors (Lipinski definition) is 2. The van der Waals surface area contributed by atoms with E-state index in [1.54, 1.807) is 6.20 Å². The summed E-state index contributed by atoms with van der Waals surface area (Å²) in [5.74, 6) is 1.13. The fraction of sp³-hybridized carbons (Fsp3) is 0.600. The zero-order valence-corrected chi connectivity index (χ0v) is 8.53. The van der Waals surface area contributed by atoms with Crippen molar-refractivity contribution in [3.63, 3.8) is 0 Å². The van der Waals surface area contributed by atoms with Gasteiger partial charge in [-0.15, -0.1) is 0 Å². The van der Waals surface area contributed by atoms with Crippen LogP contribution in [-0.2, 0) is 4.74 Å². The van der Waals surface area contributed by atoms with E-state index in [-0.39, 0.29) is 5.56 Å². The highest BCUT2D eigenvalue weighted by Gasteiger charge is 2.20. The Bertz CT molecular complexity index is 360. The Hall–Kier alpha value is -1.36. The number of ether oxygens (including phenoxy) is 1. The summed E-state index contributed by atoms with van der Waals surface area (Å²) in [6, 6.07) is 0.